The Hall–Kier alpha value is -1.78. The van der Waals surface area contributed by atoms with Crippen molar-refractivity contribution < 1.29 is 28.7 Å². The lowest BCUT2D eigenvalue weighted by atomic mass is 10.3. The van der Waals surface area contributed by atoms with Crippen LogP contribution in [0.4, 0.5) is 10.5 Å². The van der Waals surface area contributed by atoms with E-state index in [1.54, 1.807) is 10.8 Å². The summed E-state index contributed by atoms with van der Waals surface area (Å²) in [7, 11) is 3.12. The average molecular weight is 389 g/mol. The molecule has 1 rings (SSSR count). The largest absolute Gasteiger partial charge is 0.513 e. The molecule has 0 heterocycles. The van der Waals surface area contributed by atoms with Crippen LogP contribution in [-0.4, -0.2) is 48.2 Å². The third-order valence-corrected chi connectivity index (χ3v) is 4.96. The van der Waals surface area contributed by atoms with Crippen molar-refractivity contribution in [3.63, 3.8) is 0 Å². The zero-order valence-corrected chi connectivity index (χ0v) is 15.3. The predicted molar refractivity (Wildman–Crippen MR) is 96.1 cm³/mol. The third-order valence-electron chi connectivity index (χ3n) is 2.63. The van der Waals surface area contributed by atoms with Gasteiger partial charge in [0, 0.05) is 30.1 Å². The molecule has 0 amide bonds. The third kappa shape index (κ3) is 10.6. The molecule has 0 bridgehead atoms. The molecule has 1 aromatic carbocycles. The minimum Gasteiger partial charge on any atom is -0.433 e. The summed E-state index contributed by atoms with van der Waals surface area (Å²) in [5, 5.41) is 10.5. The fourth-order valence-electron chi connectivity index (χ4n) is 1.45. The SMILES string of the molecule is CC(=O)CCOCCSSCCOC(=O)Oc1ccc([N+](=O)[O-])cc1. The van der Waals surface area contributed by atoms with Crippen LogP contribution in [-0.2, 0) is 14.3 Å². The number of nitro benzene ring substituents is 1. The van der Waals surface area contributed by atoms with Crippen LogP contribution in [0.5, 0.6) is 5.75 Å². The molecular weight excluding hydrogens is 370 g/mol. The van der Waals surface area contributed by atoms with Crippen LogP contribution in [0.2, 0.25) is 0 Å². The monoisotopic (exact) mass is 389 g/mol. The van der Waals surface area contributed by atoms with E-state index < -0.39 is 11.1 Å². The number of Topliss-reactive ketones (excluding diaryl/α,β-unsaturated/α-hetero) is 1. The van der Waals surface area contributed by atoms with Crippen LogP contribution in [0.1, 0.15) is 13.3 Å². The highest BCUT2D eigenvalue weighted by Crippen LogP contribution is 2.21. The molecule has 0 unspecified atom stereocenters. The number of ketones is 1. The Morgan fingerprint density at radius 1 is 1.08 bits per heavy atom. The van der Waals surface area contributed by atoms with Crippen molar-refractivity contribution in [2.45, 2.75) is 13.3 Å². The number of hydrogen-bond acceptors (Lipinski definition) is 9. The highest BCUT2D eigenvalue weighted by Gasteiger charge is 2.09. The molecule has 138 valence electrons. The first-order valence-electron chi connectivity index (χ1n) is 7.39. The zero-order valence-electron chi connectivity index (χ0n) is 13.7. The van der Waals surface area contributed by atoms with E-state index in [1.807, 2.05) is 0 Å². The summed E-state index contributed by atoms with van der Waals surface area (Å²) in [5.74, 6) is 1.66. The van der Waals surface area contributed by atoms with Crippen molar-refractivity contribution in [3.8, 4) is 5.75 Å². The van der Waals surface area contributed by atoms with E-state index in [0.717, 1.165) is 5.75 Å². The first-order valence-corrected chi connectivity index (χ1v) is 9.88. The summed E-state index contributed by atoms with van der Waals surface area (Å²) in [5.41, 5.74) is -0.0839. The first-order chi connectivity index (χ1) is 12.0. The molecule has 0 saturated heterocycles. The molecule has 25 heavy (non-hydrogen) atoms. The molecule has 8 nitrogen and oxygen atoms in total. The number of benzene rings is 1. The Morgan fingerprint density at radius 2 is 1.72 bits per heavy atom. The summed E-state index contributed by atoms with van der Waals surface area (Å²) in [6.07, 6.45) is -0.422. The second-order valence-electron chi connectivity index (χ2n) is 4.66. The van der Waals surface area contributed by atoms with E-state index in [1.165, 1.54) is 42.0 Å². The summed E-state index contributed by atoms with van der Waals surface area (Å²) in [6, 6.07) is 5.15. The van der Waals surface area contributed by atoms with Crippen LogP contribution < -0.4 is 4.74 Å². The Balaban J connectivity index is 2.01. The molecule has 1 aromatic rings. The number of hydrogen-bond donors (Lipinski definition) is 0. The van der Waals surface area contributed by atoms with Crippen molar-refractivity contribution in [1.82, 2.24) is 0 Å². The molecule has 0 aromatic heterocycles. The lowest BCUT2D eigenvalue weighted by Crippen LogP contribution is -2.12. The van der Waals surface area contributed by atoms with Crippen LogP contribution in [0.3, 0.4) is 0 Å². The van der Waals surface area contributed by atoms with Crippen molar-refractivity contribution in [1.29, 1.82) is 0 Å². The second-order valence-corrected chi connectivity index (χ2v) is 7.36. The van der Waals surface area contributed by atoms with Gasteiger partial charge in [0.25, 0.3) is 5.69 Å². The van der Waals surface area contributed by atoms with Crippen molar-refractivity contribution >= 4 is 39.2 Å². The molecule has 0 atom stereocenters. The van der Waals surface area contributed by atoms with Gasteiger partial charge in [-0.25, -0.2) is 4.79 Å². The van der Waals surface area contributed by atoms with Crippen molar-refractivity contribution in [2.24, 2.45) is 0 Å². The van der Waals surface area contributed by atoms with Crippen LogP contribution >= 0.6 is 21.6 Å². The van der Waals surface area contributed by atoms with Gasteiger partial charge in [0.1, 0.15) is 18.1 Å². The van der Waals surface area contributed by atoms with Gasteiger partial charge in [0.05, 0.1) is 18.1 Å². The van der Waals surface area contributed by atoms with Crippen molar-refractivity contribution in [2.75, 3.05) is 31.3 Å². The van der Waals surface area contributed by atoms with E-state index in [4.69, 9.17) is 14.2 Å². The van der Waals surface area contributed by atoms with Gasteiger partial charge in [0.2, 0.25) is 0 Å². The van der Waals surface area contributed by atoms with Gasteiger partial charge in [-0.05, 0) is 19.1 Å². The number of rotatable bonds is 12. The Kier molecular flexibility index (Phi) is 10.7. The molecule has 0 aliphatic rings. The lowest BCUT2D eigenvalue weighted by Gasteiger charge is -2.06. The number of carbonyl (C=O) groups excluding carboxylic acids is 2. The zero-order chi connectivity index (χ0) is 18.5. The summed E-state index contributed by atoms with van der Waals surface area (Å²) in [4.78, 5) is 32.1. The molecule has 0 aliphatic heterocycles. The van der Waals surface area contributed by atoms with Gasteiger partial charge in [-0.2, -0.15) is 0 Å². The van der Waals surface area contributed by atoms with Crippen molar-refractivity contribution in [3.05, 3.63) is 34.4 Å². The van der Waals surface area contributed by atoms with Gasteiger partial charge in [-0.15, -0.1) is 0 Å². The Morgan fingerprint density at radius 3 is 2.32 bits per heavy atom. The van der Waals surface area contributed by atoms with E-state index >= 15 is 0 Å². The average Bonchev–Trinajstić information content (AvgIpc) is 2.56. The second kappa shape index (κ2) is 12.6. The van der Waals surface area contributed by atoms with Gasteiger partial charge in [-0.3, -0.25) is 14.9 Å². The maximum atomic E-state index is 11.5. The first kappa shape index (κ1) is 21.3. The molecule has 0 saturated carbocycles. The highest BCUT2D eigenvalue weighted by atomic mass is 33.1. The van der Waals surface area contributed by atoms with Crippen LogP contribution in [0, 0.1) is 10.1 Å². The summed E-state index contributed by atoms with van der Waals surface area (Å²) in [6.45, 7) is 2.72. The van der Waals surface area contributed by atoms with Gasteiger partial charge in [-0.1, -0.05) is 21.6 Å². The standard InChI is InChI=1S/C15H19NO7S2/c1-12(17)6-7-21-8-10-24-25-11-9-22-15(18)23-14-4-2-13(3-5-14)16(19)20/h2-5H,6-11H2,1H3. The van der Waals surface area contributed by atoms with Crippen LogP contribution in [0.15, 0.2) is 24.3 Å². The summed E-state index contributed by atoms with van der Waals surface area (Å²) < 4.78 is 15.1. The van der Waals surface area contributed by atoms with Crippen LogP contribution in [0.25, 0.3) is 0 Å². The highest BCUT2D eigenvalue weighted by molar-refractivity contribution is 8.76. The fourth-order valence-corrected chi connectivity index (χ4v) is 3.14. The molecule has 0 spiro atoms. The minimum absolute atomic E-state index is 0.0839. The van der Waals surface area contributed by atoms with Gasteiger partial charge < -0.3 is 14.2 Å². The van der Waals surface area contributed by atoms with E-state index in [9.17, 15) is 19.7 Å². The molecular formula is C15H19NO7S2. The number of carbonyl (C=O) groups is 2. The quantitative estimate of drug-likeness (QED) is 0.133. The number of ether oxygens (including phenoxy) is 3. The molecule has 10 heteroatoms. The number of nitrogens with zero attached hydrogens (tertiary/aromatic N) is 1. The predicted octanol–water partition coefficient (Wildman–Crippen LogP) is 3.49. The Bertz CT molecular complexity index is 566. The number of non-ortho nitro benzene ring substituents is 1. The van der Waals surface area contributed by atoms with Gasteiger partial charge in [0.15, 0.2) is 0 Å². The summed E-state index contributed by atoms with van der Waals surface area (Å²) >= 11 is 0. The number of nitro groups is 1. The lowest BCUT2D eigenvalue weighted by molar-refractivity contribution is -0.384. The maximum Gasteiger partial charge on any atom is 0.513 e. The van der Waals surface area contributed by atoms with E-state index in [0.29, 0.717) is 25.4 Å². The molecule has 0 radical (unpaired) electrons. The fraction of sp³-hybridized carbons (Fsp3) is 0.467. The van der Waals surface area contributed by atoms with E-state index in [-0.39, 0.29) is 23.8 Å². The Labute approximate surface area is 153 Å². The normalized spacial score (nSPS) is 10.3. The molecule has 0 aliphatic carbocycles. The molecule has 0 N–H and O–H groups in total. The topological polar surface area (TPSA) is 105 Å². The smallest absolute Gasteiger partial charge is 0.433 e. The van der Waals surface area contributed by atoms with Gasteiger partial charge >= 0.3 is 6.16 Å². The molecule has 0 fully saturated rings. The maximum absolute atomic E-state index is 11.5. The van der Waals surface area contributed by atoms with E-state index in [2.05, 4.69) is 0 Å². The minimum atomic E-state index is -0.855.